The zero-order chi connectivity index (χ0) is 26.4. The van der Waals surface area contributed by atoms with Gasteiger partial charge in [-0.05, 0) is 61.8 Å². The molecular formula is C24H21ClF3NO6S. The zero-order valence-corrected chi connectivity index (χ0v) is 20.1. The standard InChI is InChI=1S/C24H21ClF3NO6S/c25-16-4-3-12(23(32)29-15-8-17(26)21(28)18(27)9-15)7-19(16)36(34,35)22-13-1-2-14(22)11-24(33,10-13)6-5-20(30)31/h3-9,13-14,22,33H,1-2,10-11H2,(H,29,32)(H,30,31)/b6-5+. The number of amides is 1. The fraction of sp³-hybridized carbons (Fsp3) is 0.333. The summed E-state index contributed by atoms with van der Waals surface area (Å²) in [5.74, 6) is -7.75. The van der Waals surface area contributed by atoms with E-state index in [4.69, 9.17) is 16.7 Å². The Labute approximate surface area is 209 Å². The summed E-state index contributed by atoms with van der Waals surface area (Å²) in [5.41, 5.74) is -1.97. The Kier molecular flexibility index (Phi) is 6.93. The van der Waals surface area contributed by atoms with E-state index < -0.39 is 61.9 Å². The minimum absolute atomic E-state index is 0.0522. The molecule has 2 aliphatic carbocycles. The molecule has 2 aromatic carbocycles. The van der Waals surface area contributed by atoms with Crippen molar-refractivity contribution in [1.29, 1.82) is 0 Å². The number of fused-ring (bicyclic) bond motifs is 2. The summed E-state index contributed by atoms with van der Waals surface area (Å²) in [6.07, 6.45) is 3.15. The zero-order valence-electron chi connectivity index (χ0n) is 18.5. The van der Waals surface area contributed by atoms with Crippen LogP contribution in [0, 0.1) is 29.3 Å². The number of aliphatic carboxylic acids is 1. The van der Waals surface area contributed by atoms with E-state index in [1.54, 1.807) is 0 Å². The molecule has 2 fully saturated rings. The van der Waals surface area contributed by atoms with Crippen LogP contribution in [0.5, 0.6) is 0 Å². The topological polar surface area (TPSA) is 121 Å². The molecule has 0 radical (unpaired) electrons. The number of hydrogen-bond acceptors (Lipinski definition) is 5. The van der Waals surface area contributed by atoms with Gasteiger partial charge < -0.3 is 15.5 Å². The van der Waals surface area contributed by atoms with Gasteiger partial charge in [0.1, 0.15) is 0 Å². The largest absolute Gasteiger partial charge is 0.478 e. The SMILES string of the molecule is O=C(O)/C=C/C1(O)CC2CCC(C1)C2S(=O)(=O)c1cc(C(=O)Nc2cc(F)c(F)c(F)c2)ccc1Cl. The number of carboxylic acids is 1. The van der Waals surface area contributed by atoms with E-state index in [1.807, 2.05) is 0 Å². The number of sulfone groups is 1. The van der Waals surface area contributed by atoms with Crippen LogP contribution >= 0.6 is 11.6 Å². The third kappa shape index (κ3) is 5.00. The van der Waals surface area contributed by atoms with Crippen molar-refractivity contribution in [2.24, 2.45) is 11.8 Å². The second-order valence-electron chi connectivity index (χ2n) is 9.14. The van der Waals surface area contributed by atoms with Crippen LogP contribution in [0.15, 0.2) is 47.4 Å². The molecule has 36 heavy (non-hydrogen) atoms. The first-order valence-electron chi connectivity index (χ1n) is 10.9. The first-order valence-corrected chi connectivity index (χ1v) is 12.9. The number of halogens is 4. The average molecular weight is 544 g/mol. The Morgan fingerprint density at radius 2 is 1.64 bits per heavy atom. The number of hydrogen-bond donors (Lipinski definition) is 3. The maximum atomic E-state index is 13.7. The quantitative estimate of drug-likeness (QED) is 0.368. The van der Waals surface area contributed by atoms with E-state index in [9.17, 15) is 36.3 Å². The molecular weight excluding hydrogens is 523 g/mol. The van der Waals surface area contributed by atoms with Gasteiger partial charge >= 0.3 is 5.97 Å². The number of benzene rings is 2. The minimum Gasteiger partial charge on any atom is -0.478 e. The van der Waals surface area contributed by atoms with E-state index in [-0.39, 0.29) is 34.0 Å². The van der Waals surface area contributed by atoms with Crippen LogP contribution in [0.4, 0.5) is 18.9 Å². The summed E-state index contributed by atoms with van der Waals surface area (Å²) in [6, 6.07) is 4.69. The molecule has 2 unspecified atom stereocenters. The highest BCUT2D eigenvalue weighted by molar-refractivity contribution is 7.92. The van der Waals surface area contributed by atoms with Gasteiger partial charge in [-0.2, -0.15) is 0 Å². The molecule has 192 valence electrons. The molecule has 0 spiro atoms. The van der Waals surface area contributed by atoms with Crippen LogP contribution in [0.2, 0.25) is 5.02 Å². The summed E-state index contributed by atoms with van der Waals surface area (Å²) in [7, 11) is -4.09. The summed E-state index contributed by atoms with van der Waals surface area (Å²) in [6.45, 7) is 0. The Balaban J connectivity index is 1.61. The van der Waals surface area contributed by atoms with Gasteiger partial charge in [-0.25, -0.2) is 26.4 Å². The Morgan fingerprint density at radius 3 is 2.19 bits per heavy atom. The number of nitrogens with one attached hydrogen (secondary N) is 1. The van der Waals surface area contributed by atoms with E-state index >= 15 is 0 Å². The molecule has 7 nitrogen and oxygen atoms in total. The number of rotatable bonds is 6. The molecule has 12 heteroatoms. The second-order valence-corrected chi connectivity index (χ2v) is 11.6. The Hall–Kier alpha value is -2.89. The van der Waals surface area contributed by atoms with Gasteiger partial charge in [0.2, 0.25) is 0 Å². The maximum Gasteiger partial charge on any atom is 0.328 e. The number of carboxylic acid groups (broad SMARTS) is 1. The number of anilines is 1. The summed E-state index contributed by atoms with van der Waals surface area (Å²) in [4.78, 5) is 23.2. The highest BCUT2D eigenvalue weighted by Crippen LogP contribution is 2.51. The van der Waals surface area contributed by atoms with Crippen molar-refractivity contribution in [3.05, 3.63) is 70.5 Å². The molecule has 4 rings (SSSR count). The first kappa shape index (κ1) is 26.2. The van der Waals surface area contributed by atoms with Gasteiger partial charge in [-0.15, -0.1) is 0 Å². The van der Waals surface area contributed by atoms with Crippen LogP contribution in [-0.4, -0.2) is 41.4 Å². The predicted octanol–water partition coefficient (Wildman–Crippen LogP) is 4.34. The molecule has 2 atom stereocenters. The van der Waals surface area contributed by atoms with Crippen LogP contribution in [0.1, 0.15) is 36.0 Å². The Morgan fingerprint density at radius 1 is 1.06 bits per heavy atom. The lowest BCUT2D eigenvalue weighted by Gasteiger charge is -2.39. The van der Waals surface area contributed by atoms with Crippen LogP contribution in [0.25, 0.3) is 0 Å². The average Bonchev–Trinajstić information content (AvgIpc) is 3.09. The highest BCUT2D eigenvalue weighted by Gasteiger charge is 2.53. The van der Waals surface area contributed by atoms with Crippen molar-refractivity contribution in [3.8, 4) is 0 Å². The minimum atomic E-state index is -4.09. The number of carbonyl (C=O) groups is 2. The van der Waals surface area contributed by atoms with Crippen molar-refractivity contribution >= 4 is 39.0 Å². The third-order valence-electron chi connectivity index (χ3n) is 6.70. The molecule has 0 heterocycles. The first-order chi connectivity index (χ1) is 16.8. The molecule has 2 aromatic rings. The highest BCUT2D eigenvalue weighted by atomic mass is 35.5. The van der Waals surface area contributed by atoms with Crippen molar-refractivity contribution in [3.63, 3.8) is 0 Å². The van der Waals surface area contributed by atoms with Crippen molar-refractivity contribution in [1.82, 2.24) is 0 Å². The molecule has 1 amide bonds. The Bertz CT molecular complexity index is 1340. The monoisotopic (exact) mass is 543 g/mol. The van der Waals surface area contributed by atoms with E-state index in [1.165, 1.54) is 18.2 Å². The summed E-state index contributed by atoms with van der Waals surface area (Å²) < 4.78 is 67.5. The van der Waals surface area contributed by atoms with Gasteiger partial charge in [0.15, 0.2) is 27.3 Å². The van der Waals surface area contributed by atoms with Gasteiger partial charge in [0.05, 0.1) is 20.8 Å². The van der Waals surface area contributed by atoms with Crippen molar-refractivity contribution in [2.75, 3.05) is 5.32 Å². The smallest absolute Gasteiger partial charge is 0.328 e. The lowest BCUT2D eigenvalue weighted by molar-refractivity contribution is -0.131. The second kappa shape index (κ2) is 9.53. The van der Waals surface area contributed by atoms with Crippen LogP contribution in [-0.2, 0) is 14.6 Å². The van der Waals surface area contributed by atoms with Gasteiger partial charge in [0.25, 0.3) is 5.91 Å². The molecule has 0 saturated heterocycles. The van der Waals surface area contributed by atoms with Crippen LogP contribution in [0.3, 0.4) is 0 Å². The fourth-order valence-electron chi connectivity index (χ4n) is 5.28. The lowest BCUT2D eigenvalue weighted by Crippen LogP contribution is -2.45. The van der Waals surface area contributed by atoms with Gasteiger partial charge in [-0.1, -0.05) is 11.6 Å². The van der Waals surface area contributed by atoms with Crippen LogP contribution < -0.4 is 5.32 Å². The van der Waals surface area contributed by atoms with Gasteiger partial charge in [-0.3, -0.25) is 4.79 Å². The molecule has 0 aliphatic heterocycles. The fourth-order valence-corrected chi connectivity index (χ4v) is 8.12. The third-order valence-corrected chi connectivity index (χ3v) is 9.58. The normalized spacial score (nSPS) is 25.8. The number of carbonyl (C=O) groups excluding carboxylic acids is 1. The van der Waals surface area contributed by atoms with Crippen molar-refractivity contribution < 1.29 is 41.4 Å². The molecule has 2 saturated carbocycles. The number of aliphatic hydroxyl groups is 1. The van der Waals surface area contributed by atoms with E-state index in [2.05, 4.69) is 5.32 Å². The summed E-state index contributed by atoms with van der Waals surface area (Å²) in [5, 5.41) is 20.9. The lowest BCUT2D eigenvalue weighted by atomic mass is 9.77. The molecule has 0 aromatic heterocycles. The predicted molar refractivity (Wildman–Crippen MR) is 124 cm³/mol. The molecule has 3 N–H and O–H groups in total. The molecule has 2 aliphatic rings. The van der Waals surface area contributed by atoms with Crippen molar-refractivity contribution in [2.45, 2.75) is 41.4 Å². The summed E-state index contributed by atoms with van der Waals surface area (Å²) >= 11 is 6.20. The van der Waals surface area contributed by atoms with E-state index in [0.29, 0.717) is 25.0 Å². The van der Waals surface area contributed by atoms with E-state index in [0.717, 1.165) is 12.1 Å². The maximum absolute atomic E-state index is 13.7. The van der Waals surface area contributed by atoms with Gasteiger partial charge in [0, 0.05) is 29.5 Å². The molecule has 2 bridgehead atoms.